The van der Waals surface area contributed by atoms with Gasteiger partial charge in [0.05, 0.1) is 6.04 Å². The number of carbonyl (C=O) groups excluding carboxylic acids is 1. The third-order valence-electron chi connectivity index (χ3n) is 4.83. The van der Waals surface area contributed by atoms with Crippen LogP contribution in [-0.2, 0) is 22.7 Å². The van der Waals surface area contributed by atoms with Gasteiger partial charge in [0, 0.05) is 24.7 Å². The number of rotatable bonds is 6. The monoisotopic (exact) mass is 392 g/mol. The molecule has 0 spiro atoms. The first-order chi connectivity index (χ1) is 13.4. The van der Waals surface area contributed by atoms with Crippen molar-refractivity contribution in [3.63, 3.8) is 0 Å². The lowest BCUT2D eigenvalue weighted by atomic mass is 10.1. The van der Waals surface area contributed by atoms with Gasteiger partial charge < -0.3 is 10.4 Å². The van der Waals surface area contributed by atoms with Crippen LogP contribution in [0.25, 0.3) is 0 Å². The molecule has 2 N–H and O–H groups in total. The molecule has 1 aliphatic rings. The molecule has 8 heteroatoms. The molecule has 2 atom stereocenters. The average molecular weight is 392 g/mol. The van der Waals surface area contributed by atoms with E-state index in [1.165, 1.54) is 0 Å². The van der Waals surface area contributed by atoms with E-state index in [0.29, 0.717) is 18.9 Å². The number of likely N-dealkylation sites (tertiary alicyclic amines) is 1. The van der Waals surface area contributed by atoms with Gasteiger partial charge in [0.1, 0.15) is 11.9 Å². The van der Waals surface area contributed by atoms with E-state index in [0.717, 1.165) is 11.6 Å². The van der Waals surface area contributed by atoms with Crippen molar-refractivity contribution < 1.29 is 27.9 Å². The van der Waals surface area contributed by atoms with Crippen LogP contribution in [0.1, 0.15) is 24.0 Å². The molecular formula is C20H19F3N2O3. The van der Waals surface area contributed by atoms with Crippen LogP contribution >= 0.6 is 0 Å². The Morgan fingerprint density at radius 2 is 1.75 bits per heavy atom. The smallest absolute Gasteiger partial charge is 0.320 e. The summed E-state index contributed by atoms with van der Waals surface area (Å²) in [6.07, 6.45) is 0.610. The standard InChI is InChI=1S/C20H19F3N2O3/c21-14-8-13(18(23)15(22)9-14)10-24-19(26)16-6-7-17(20(27)28)25(16)11-12-4-2-1-3-5-12/h1-5,8-9,16-17H,6-7,10-11H2,(H,24,26)(H,27,28)/t16-,17+/m0/s1. The summed E-state index contributed by atoms with van der Waals surface area (Å²) in [5.41, 5.74) is 0.542. The van der Waals surface area contributed by atoms with E-state index in [1.54, 1.807) is 4.90 Å². The minimum atomic E-state index is -1.33. The molecule has 2 aromatic rings. The zero-order valence-electron chi connectivity index (χ0n) is 14.9. The van der Waals surface area contributed by atoms with E-state index < -0.39 is 48.0 Å². The van der Waals surface area contributed by atoms with Gasteiger partial charge in [-0.2, -0.15) is 0 Å². The first-order valence-corrected chi connectivity index (χ1v) is 8.80. The maximum absolute atomic E-state index is 13.8. The summed E-state index contributed by atoms with van der Waals surface area (Å²) in [5, 5.41) is 11.9. The highest BCUT2D eigenvalue weighted by molar-refractivity contribution is 5.84. The number of aliphatic carboxylic acids is 1. The van der Waals surface area contributed by atoms with Gasteiger partial charge in [0.2, 0.25) is 5.91 Å². The van der Waals surface area contributed by atoms with Gasteiger partial charge in [-0.05, 0) is 24.5 Å². The molecule has 3 rings (SSSR count). The van der Waals surface area contributed by atoms with Crippen molar-refractivity contribution in [3.05, 3.63) is 71.0 Å². The summed E-state index contributed by atoms with van der Waals surface area (Å²) < 4.78 is 40.4. The Bertz CT molecular complexity index is 876. The number of hydrogen-bond donors (Lipinski definition) is 2. The Morgan fingerprint density at radius 1 is 1.07 bits per heavy atom. The highest BCUT2D eigenvalue weighted by atomic mass is 19.2. The third kappa shape index (κ3) is 4.33. The number of nitrogens with zero attached hydrogens (tertiary/aromatic N) is 1. The lowest BCUT2D eigenvalue weighted by Crippen LogP contribution is -2.47. The fourth-order valence-corrected chi connectivity index (χ4v) is 3.46. The quantitative estimate of drug-likeness (QED) is 0.742. The molecular weight excluding hydrogens is 373 g/mol. The van der Waals surface area contributed by atoms with E-state index in [4.69, 9.17) is 0 Å². The average Bonchev–Trinajstić information content (AvgIpc) is 3.08. The SMILES string of the molecule is O=C(O)[C@H]1CC[C@@H](C(=O)NCc2cc(F)cc(F)c2F)N1Cc1ccccc1. The first kappa shape index (κ1) is 19.9. The summed E-state index contributed by atoms with van der Waals surface area (Å²) in [6.45, 7) is -0.133. The van der Waals surface area contributed by atoms with E-state index in [-0.39, 0.29) is 12.1 Å². The lowest BCUT2D eigenvalue weighted by Gasteiger charge is -2.27. The number of carboxylic acids is 1. The number of amides is 1. The van der Waals surface area contributed by atoms with Gasteiger partial charge in [0.15, 0.2) is 11.6 Å². The predicted octanol–water partition coefficient (Wildman–Crippen LogP) is 2.84. The second-order valence-electron chi connectivity index (χ2n) is 6.68. The van der Waals surface area contributed by atoms with Crippen molar-refractivity contribution in [2.75, 3.05) is 0 Å². The van der Waals surface area contributed by atoms with Crippen LogP contribution in [0, 0.1) is 17.5 Å². The second kappa shape index (κ2) is 8.43. The third-order valence-corrected chi connectivity index (χ3v) is 4.83. The fourth-order valence-electron chi connectivity index (χ4n) is 3.46. The van der Waals surface area contributed by atoms with Crippen LogP contribution in [0.3, 0.4) is 0 Å². The van der Waals surface area contributed by atoms with E-state index in [2.05, 4.69) is 5.32 Å². The topological polar surface area (TPSA) is 69.6 Å². The molecule has 5 nitrogen and oxygen atoms in total. The molecule has 0 aromatic heterocycles. The highest BCUT2D eigenvalue weighted by Gasteiger charge is 2.41. The Labute approximate surface area is 159 Å². The molecule has 1 saturated heterocycles. The molecule has 2 aromatic carbocycles. The molecule has 0 aliphatic carbocycles. The normalized spacial score (nSPS) is 19.5. The predicted molar refractivity (Wildman–Crippen MR) is 94.6 cm³/mol. The second-order valence-corrected chi connectivity index (χ2v) is 6.68. The Hall–Kier alpha value is -2.87. The van der Waals surface area contributed by atoms with Crippen LogP contribution in [0.5, 0.6) is 0 Å². The van der Waals surface area contributed by atoms with Crippen molar-refractivity contribution >= 4 is 11.9 Å². The molecule has 0 saturated carbocycles. The van der Waals surface area contributed by atoms with Gasteiger partial charge in [-0.1, -0.05) is 30.3 Å². The first-order valence-electron chi connectivity index (χ1n) is 8.80. The van der Waals surface area contributed by atoms with Gasteiger partial charge in [-0.3, -0.25) is 14.5 Å². The molecule has 1 fully saturated rings. The Morgan fingerprint density at radius 3 is 2.43 bits per heavy atom. The van der Waals surface area contributed by atoms with Crippen LogP contribution in [0.4, 0.5) is 13.2 Å². The van der Waals surface area contributed by atoms with Crippen molar-refractivity contribution in [2.45, 2.75) is 38.0 Å². The molecule has 148 valence electrons. The van der Waals surface area contributed by atoms with Gasteiger partial charge >= 0.3 is 5.97 Å². The van der Waals surface area contributed by atoms with Gasteiger partial charge in [-0.25, -0.2) is 13.2 Å². The summed E-state index contributed by atoms with van der Waals surface area (Å²) in [7, 11) is 0. The number of carboxylic acid groups (broad SMARTS) is 1. The largest absolute Gasteiger partial charge is 0.480 e. The summed E-state index contributed by atoms with van der Waals surface area (Å²) in [4.78, 5) is 25.8. The minimum absolute atomic E-state index is 0.263. The molecule has 0 unspecified atom stereocenters. The maximum Gasteiger partial charge on any atom is 0.320 e. The Balaban J connectivity index is 1.73. The Kier molecular flexibility index (Phi) is 5.99. The van der Waals surface area contributed by atoms with E-state index in [9.17, 15) is 27.9 Å². The number of halogens is 3. The molecule has 1 aliphatic heterocycles. The molecule has 0 bridgehead atoms. The molecule has 1 amide bonds. The van der Waals surface area contributed by atoms with Crippen molar-refractivity contribution in [1.29, 1.82) is 0 Å². The van der Waals surface area contributed by atoms with Crippen molar-refractivity contribution in [1.82, 2.24) is 10.2 Å². The fraction of sp³-hybridized carbons (Fsp3) is 0.300. The van der Waals surface area contributed by atoms with Crippen LogP contribution < -0.4 is 5.32 Å². The number of nitrogens with one attached hydrogen (secondary N) is 1. The van der Waals surface area contributed by atoms with Crippen LogP contribution in [0.2, 0.25) is 0 Å². The summed E-state index contributed by atoms with van der Waals surface area (Å²) in [6, 6.07) is 8.82. The zero-order valence-corrected chi connectivity index (χ0v) is 14.9. The number of carbonyl (C=O) groups is 2. The van der Waals surface area contributed by atoms with Crippen molar-refractivity contribution in [3.8, 4) is 0 Å². The molecule has 1 heterocycles. The summed E-state index contributed by atoms with van der Waals surface area (Å²) in [5.74, 6) is -5.03. The number of benzene rings is 2. The van der Waals surface area contributed by atoms with Crippen molar-refractivity contribution in [2.24, 2.45) is 0 Å². The van der Waals surface area contributed by atoms with Crippen LogP contribution in [0.15, 0.2) is 42.5 Å². The lowest BCUT2D eigenvalue weighted by molar-refractivity contribution is -0.143. The minimum Gasteiger partial charge on any atom is -0.480 e. The van der Waals surface area contributed by atoms with E-state index >= 15 is 0 Å². The van der Waals surface area contributed by atoms with Gasteiger partial charge in [-0.15, -0.1) is 0 Å². The molecule has 0 radical (unpaired) electrons. The van der Waals surface area contributed by atoms with Gasteiger partial charge in [0.25, 0.3) is 0 Å². The van der Waals surface area contributed by atoms with E-state index in [1.807, 2.05) is 30.3 Å². The maximum atomic E-state index is 13.8. The van der Waals surface area contributed by atoms with Crippen LogP contribution in [-0.4, -0.2) is 34.0 Å². The summed E-state index contributed by atoms with van der Waals surface area (Å²) >= 11 is 0. The highest BCUT2D eigenvalue weighted by Crippen LogP contribution is 2.27. The zero-order chi connectivity index (χ0) is 20.3. The molecule has 28 heavy (non-hydrogen) atoms. The number of hydrogen-bond acceptors (Lipinski definition) is 3.